The summed E-state index contributed by atoms with van der Waals surface area (Å²) >= 11 is 0. The maximum absolute atomic E-state index is 13.9. The van der Waals surface area contributed by atoms with Gasteiger partial charge in [-0.2, -0.15) is 0 Å². The van der Waals surface area contributed by atoms with Crippen molar-refractivity contribution >= 4 is 12.3 Å². The van der Waals surface area contributed by atoms with Crippen LogP contribution in [0, 0.1) is 11.2 Å². The van der Waals surface area contributed by atoms with Gasteiger partial charge in [-0.3, -0.25) is 14.7 Å². The highest BCUT2D eigenvalue weighted by Crippen LogP contribution is 2.46. The zero-order chi connectivity index (χ0) is 23.3. The Morgan fingerprint density at radius 1 is 1.24 bits per heavy atom. The first-order valence-electron chi connectivity index (χ1n) is 11.8. The predicted octanol–water partition coefficient (Wildman–Crippen LogP) is 3.07. The summed E-state index contributed by atoms with van der Waals surface area (Å²) in [5.41, 5.74) is 2.35. The molecule has 0 amide bonds. The van der Waals surface area contributed by atoms with E-state index in [1.165, 1.54) is 38.5 Å². The number of aromatic nitrogens is 2. The number of hydrogen-bond donors (Lipinski definition) is 0. The van der Waals surface area contributed by atoms with Gasteiger partial charge in [0, 0.05) is 68.8 Å². The molecule has 2 aromatic heterocycles. The summed E-state index contributed by atoms with van der Waals surface area (Å²) in [6, 6.07) is 6.17. The molecule has 0 bridgehead atoms. The van der Waals surface area contributed by atoms with Gasteiger partial charge in [-0.15, -0.1) is 0 Å². The van der Waals surface area contributed by atoms with Crippen molar-refractivity contribution in [2.45, 2.75) is 32.2 Å². The van der Waals surface area contributed by atoms with Crippen molar-refractivity contribution in [2.24, 2.45) is 5.41 Å². The van der Waals surface area contributed by atoms with Crippen molar-refractivity contribution in [3.8, 4) is 11.1 Å². The van der Waals surface area contributed by atoms with E-state index >= 15 is 0 Å². The van der Waals surface area contributed by atoms with Crippen LogP contribution in [0.15, 0.2) is 36.8 Å². The number of anilines is 1. The number of halogens is 1. The summed E-state index contributed by atoms with van der Waals surface area (Å²) < 4.78 is 18.0. The van der Waals surface area contributed by atoms with Crippen LogP contribution < -0.4 is 4.90 Å². The number of carbonyl (C=O) groups excluding carboxylic acids is 1. The van der Waals surface area contributed by atoms with Crippen LogP contribution in [0.3, 0.4) is 0 Å². The van der Waals surface area contributed by atoms with Crippen molar-refractivity contribution < 1.29 is 13.9 Å². The van der Waals surface area contributed by atoms with Gasteiger partial charge in [0.25, 0.3) is 6.47 Å². The van der Waals surface area contributed by atoms with Crippen molar-refractivity contribution in [1.29, 1.82) is 0 Å². The minimum Gasteiger partial charge on any atom is -0.468 e. The number of ether oxygens (including phenoxy) is 1. The summed E-state index contributed by atoms with van der Waals surface area (Å²) in [5.74, 6) is 0.570. The largest absolute Gasteiger partial charge is 0.468 e. The van der Waals surface area contributed by atoms with Gasteiger partial charge < -0.3 is 14.5 Å². The van der Waals surface area contributed by atoms with Crippen molar-refractivity contribution in [3.63, 3.8) is 0 Å². The van der Waals surface area contributed by atoms with Gasteiger partial charge in [-0.05, 0) is 50.8 Å². The number of piperazine rings is 1. The van der Waals surface area contributed by atoms with Gasteiger partial charge in [0.2, 0.25) is 0 Å². The molecule has 2 aromatic rings. The van der Waals surface area contributed by atoms with Crippen LogP contribution in [0.5, 0.6) is 0 Å². The van der Waals surface area contributed by atoms with Crippen LogP contribution in [0.25, 0.3) is 11.1 Å². The molecular formula is C25H34FN5O2. The van der Waals surface area contributed by atoms with E-state index in [9.17, 15) is 9.18 Å². The minimum absolute atomic E-state index is 0.303. The minimum atomic E-state index is -0.303. The van der Waals surface area contributed by atoms with Gasteiger partial charge in [-0.25, -0.2) is 9.37 Å². The maximum atomic E-state index is 13.9. The van der Waals surface area contributed by atoms with Crippen LogP contribution in [-0.2, 0) is 9.53 Å². The lowest BCUT2D eigenvalue weighted by Crippen LogP contribution is -2.54. The summed E-state index contributed by atoms with van der Waals surface area (Å²) in [5, 5.41) is 0. The van der Waals surface area contributed by atoms with Crippen LogP contribution >= 0.6 is 0 Å². The zero-order valence-electron chi connectivity index (χ0n) is 19.6. The molecule has 1 aliphatic carbocycles. The van der Waals surface area contributed by atoms with E-state index < -0.39 is 0 Å². The molecular weight excluding hydrogens is 421 g/mol. The number of pyridine rings is 2. The van der Waals surface area contributed by atoms with Gasteiger partial charge in [0.05, 0.1) is 12.8 Å². The van der Waals surface area contributed by atoms with E-state index in [1.807, 2.05) is 12.1 Å². The number of hydrogen-bond acceptors (Lipinski definition) is 7. The molecule has 0 radical (unpaired) electrons. The second kappa shape index (κ2) is 10.6. The lowest BCUT2D eigenvalue weighted by atomic mass is 9.78. The monoisotopic (exact) mass is 455 g/mol. The molecule has 2 aliphatic heterocycles. The van der Waals surface area contributed by atoms with Crippen LogP contribution in [0.2, 0.25) is 0 Å². The van der Waals surface area contributed by atoms with Crippen molar-refractivity contribution in [2.75, 3.05) is 57.8 Å². The van der Waals surface area contributed by atoms with E-state index in [0.29, 0.717) is 18.5 Å². The molecule has 7 nitrogen and oxygen atoms in total. The highest BCUT2D eigenvalue weighted by Gasteiger charge is 2.48. The summed E-state index contributed by atoms with van der Waals surface area (Å²) in [6.07, 6.45) is 8.92. The molecule has 1 saturated carbocycles. The summed E-state index contributed by atoms with van der Waals surface area (Å²) in [6.45, 7) is 9.21. The fourth-order valence-electron chi connectivity index (χ4n) is 5.66. The average molecular weight is 456 g/mol. The first kappa shape index (κ1) is 23.6. The number of carbonyl (C=O) groups is 1. The molecule has 3 aliphatic rings. The Hall–Kier alpha value is -2.58. The van der Waals surface area contributed by atoms with Crippen LogP contribution in [0.4, 0.5) is 10.2 Å². The molecule has 5 rings (SSSR count). The maximum Gasteiger partial charge on any atom is 0.293 e. The second-order valence-corrected chi connectivity index (χ2v) is 9.41. The van der Waals surface area contributed by atoms with E-state index in [0.717, 1.165) is 49.2 Å². The number of rotatable bonds is 5. The third kappa shape index (κ3) is 5.50. The van der Waals surface area contributed by atoms with Gasteiger partial charge in [0.1, 0.15) is 11.6 Å². The molecule has 3 fully saturated rings. The Kier molecular flexibility index (Phi) is 7.55. The normalized spacial score (nSPS) is 22.4. The van der Waals surface area contributed by atoms with Crippen molar-refractivity contribution in [1.82, 2.24) is 19.8 Å². The molecule has 1 atom stereocenters. The SMILES string of the molecule is CCOC=O.CN1CC2(CCC(N3CCN(c4ncc(F)cc4-c4cccnc4)CC3)C2)C1. The number of nitrogens with zero attached hydrogens (tertiary/aromatic N) is 5. The van der Waals surface area contributed by atoms with Gasteiger partial charge in [0.15, 0.2) is 0 Å². The zero-order valence-corrected chi connectivity index (χ0v) is 19.6. The third-order valence-electron chi connectivity index (χ3n) is 7.06. The standard InChI is InChI=1S/C22H28FN5.C3H6O2/c1-26-15-22(16-26)5-4-19(12-22)27-7-9-28(10-8-27)21-20(11-18(23)14-25-21)17-3-2-6-24-13-17;1-2-5-3-4/h2-3,6,11,13-14,19H,4-5,7-10,12,15-16H2,1H3;3H,2H2,1H3. The Morgan fingerprint density at radius 2 is 2.03 bits per heavy atom. The molecule has 0 aromatic carbocycles. The number of likely N-dealkylation sites (tertiary alicyclic amines) is 1. The first-order valence-corrected chi connectivity index (χ1v) is 11.8. The lowest BCUT2D eigenvalue weighted by Gasteiger charge is -2.47. The molecule has 0 N–H and O–H groups in total. The topological polar surface area (TPSA) is 61.8 Å². The van der Waals surface area contributed by atoms with E-state index in [4.69, 9.17) is 0 Å². The van der Waals surface area contributed by atoms with Crippen LogP contribution in [-0.4, -0.2) is 85.2 Å². The van der Waals surface area contributed by atoms with E-state index in [-0.39, 0.29) is 5.82 Å². The van der Waals surface area contributed by atoms with Crippen molar-refractivity contribution in [3.05, 3.63) is 42.6 Å². The quantitative estimate of drug-likeness (QED) is 0.642. The Morgan fingerprint density at radius 3 is 2.64 bits per heavy atom. The first-order chi connectivity index (χ1) is 16.0. The molecule has 178 valence electrons. The fraction of sp³-hybridized carbons (Fsp3) is 0.560. The Balaban J connectivity index is 0.000000471. The van der Waals surface area contributed by atoms with E-state index in [1.54, 1.807) is 25.4 Å². The van der Waals surface area contributed by atoms with Gasteiger partial charge in [-0.1, -0.05) is 6.07 Å². The molecule has 1 spiro atoms. The molecule has 1 unspecified atom stereocenters. The summed E-state index contributed by atoms with van der Waals surface area (Å²) in [7, 11) is 2.23. The molecule has 2 saturated heterocycles. The average Bonchev–Trinajstić information content (AvgIpc) is 3.26. The highest BCUT2D eigenvalue weighted by molar-refractivity contribution is 5.75. The van der Waals surface area contributed by atoms with Crippen LogP contribution in [0.1, 0.15) is 26.2 Å². The fourth-order valence-corrected chi connectivity index (χ4v) is 5.66. The Bertz CT molecular complexity index is 914. The summed E-state index contributed by atoms with van der Waals surface area (Å²) in [4.78, 5) is 25.3. The molecule has 8 heteroatoms. The Labute approximate surface area is 195 Å². The molecule has 4 heterocycles. The van der Waals surface area contributed by atoms with E-state index in [2.05, 4.69) is 36.5 Å². The smallest absolute Gasteiger partial charge is 0.293 e. The lowest BCUT2D eigenvalue weighted by molar-refractivity contribution is -0.128. The van der Waals surface area contributed by atoms with Gasteiger partial charge >= 0.3 is 0 Å². The highest BCUT2D eigenvalue weighted by atomic mass is 19.1. The third-order valence-corrected chi connectivity index (χ3v) is 7.06. The molecule has 33 heavy (non-hydrogen) atoms. The predicted molar refractivity (Wildman–Crippen MR) is 126 cm³/mol. The second-order valence-electron chi connectivity index (χ2n) is 9.41.